The number of hydrogen-bond acceptors (Lipinski definition) is 4. The van der Waals surface area contributed by atoms with Gasteiger partial charge in [0.25, 0.3) is 0 Å². The van der Waals surface area contributed by atoms with Gasteiger partial charge in [-0.3, -0.25) is 0 Å². The third kappa shape index (κ3) is 4.43. The Kier molecular flexibility index (Phi) is 5.92. The van der Waals surface area contributed by atoms with E-state index in [0.717, 1.165) is 29.4 Å². The maximum atomic E-state index is 11.9. The van der Waals surface area contributed by atoms with Crippen molar-refractivity contribution < 1.29 is 9.53 Å². The molecule has 0 fully saturated rings. The lowest BCUT2D eigenvalue weighted by atomic mass is 10.2. The first kappa shape index (κ1) is 18.0. The number of carbonyl (C=O) groups is 1. The van der Waals surface area contributed by atoms with E-state index in [0.29, 0.717) is 22.9 Å². The molecule has 0 bridgehead atoms. The highest BCUT2D eigenvalue weighted by Crippen LogP contribution is 2.15. The number of pyridine rings is 1. The summed E-state index contributed by atoms with van der Waals surface area (Å²) in [4.78, 5) is 17.0. The van der Waals surface area contributed by atoms with Crippen LogP contribution in [-0.2, 0) is 4.74 Å². The molecule has 0 saturated heterocycles. The second kappa shape index (κ2) is 8.54. The van der Waals surface area contributed by atoms with Crippen molar-refractivity contribution in [3.05, 3.63) is 71.9 Å². The van der Waals surface area contributed by atoms with Crippen LogP contribution in [0.4, 0.5) is 5.69 Å². The van der Waals surface area contributed by atoms with Crippen LogP contribution in [0.2, 0.25) is 0 Å². The number of benzene rings is 2. The van der Waals surface area contributed by atoms with Crippen LogP contribution in [0.5, 0.6) is 0 Å². The minimum atomic E-state index is -0.302. The monoisotopic (exact) mass is 364 g/mol. The van der Waals surface area contributed by atoms with E-state index in [4.69, 9.17) is 17.0 Å². The lowest BCUT2D eigenvalue weighted by molar-refractivity contribution is 0.0500. The first-order valence-electron chi connectivity index (χ1n) is 8.61. The molecule has 0 atom stereocenters. The fraction of sp³-hybridized carbons (Fsp3) is 0.190. The van der Waals surface area contributed by atoms with Crippen molar-refractivity contribution in [1.82, 2.24) is 4.98 Å². The summed E-state index contributed by atoms with van der Waals surface area (Å²) < 4.78 is 5.20. The van der Waals surface area contributed by atoms with Gasteiger partial charge in [0.15, 0.2) is 0 Å². The highest BCUT2D eigenvalue weighted by molar-refractivity contribution is 7.81. The molecule has 0 spiro atoms. The van der Waals surface area contributed by atoms with Gasteiger partial charge in [0.1, 0.15) is 4.99 Å². The summed E-state index contributed by atoms with van der Waals surface area (Å²) in [6, 6.07) is 18.9. The third-order valence-corrected chi connectivity index (χ3v) is 4.25. The fourth-order valence-electron chi connectivity index (χ4n) is 2.47. The molecule has 132 valence electrons. The quantitative estimate of drug-likeness (QED) is 0.380. The van der Waals surface area contributed by atoms with Crippen molar-refractivity contribution in [2.75, 3.05) is 11.9 Å². The summed E-state index contributed by atoms with van der Waals surface area (Å²) in [5.41, 5.74) is 2.94. The van der Waals surface area contributed by atoms with Crippen molar-refractivity contribution in [2.24, 2.45) is 0 Å². The maximum absolute atomic E-state index is 11.9. The van der Waals surface area contributed by atoms with Crippen molar-refractivity contribution >= 4 is 39.8 Å². The van der Waals surface area contributed by atoms with Gasteiger partial charge in [-0.25, -0.2) is 9.78 Å². The third-order valence-electron chi connectivity index (χ3n) is 3.94. The zero-order chi connectivity index (χ0) is 18.4. The summed E-state index contributed by atoms with van der Waals surface area (Å²) in [6.45, 7) is 2.51. The first-order valence-corrected chi connectivity index (χ1v) is 9.02. The van der Waals surface area contributed by atoms with Gasteiger partial charge in [0.05, 0.1) is 23.4 Å². The molecule has 0 amide bonds. The smallest absolute Gasteiger partial charge is 0.338 e. The number of carbonyl (C=O) groups excluding carboxylic acids is 1. The van der Waals surface area contributed by atoms with E-state index < -0.39 is 0 Å². The van der Waals surface area contributed by atoms with E-state index in [2.05, 4.69) is 17.2 Å². The Morgan fingerprint density at radius 1 is 1.08 bits per heavy atom. The van der Waals surface area contributed by atoms with Crippen LogP contribution in [0.15, 0.2) is 60.7 Å². The molecule has 5 heteroatoms. The number of hydrogen-bond donors (Lipinski definition) is 1. The molecule has 4 nitrogen and oxygen atoms in total. The highest BCUT2D eigenvalue weighted by Gasteiger charge is 2.08. The Bertz CT molecular complexity index is 923. The second-order valence-corrected chi connectivity index (χ2v) is 6.32. The number of aromatic nitrogens is 1. The Labute approximate surface area is 158 Å². The van der Waals surface area contributed by atoms with Crippen LogP contribution >= 0.6 is 12.2 Å². The molecule has 3 aromatic rings. The van der Waals surface area contributed by atoms with E-state index in [1.807, 2.05) is 48.5 Å². The number of esters is 1. The number of thiocarbonyl (C=S) groups is 1. The Hall–Kier alpha value is -2.79. The molecule has 0 unspecified atom stereocenters. The summed E-state index contributed by atoms with van der Waals surface area (Å²) in [5, 5.41) is 4.23. The number of nitrogens with zero attached hydrogens (tertiary/aromatic N) is 1. The number of fused-ring (bicyclic) bond motifs is 1. The van der Waals surface area contributed by atoms with Gasteiger partial charge in [-0.15, -0.1) is 0 Å². The molecule has 26 heavy (non-hydrogen) atoms. The SMILES string of the molecule is CCCCOC(=O)c1ccc(NC(=S)c2ccc3ccccc3n2)cc1. The van der Waals surface area contributed by atoms with Crippen molar-refractivity contribution in [1.29, 1.82) is 0 Å². The molecular formula is C21H20N2O2S. The summed E-state index contributed by atoms with van der Waals surface area (Å²) in [5.74, 6) is -0.302. The number of rotatable bonds is 6. The second-order valence-electron chi connectivity index (χ2n) is 5.91. The maximum Gasteiger partial charge on any atom is 0.338 e. The number of anilines is 1. The Balaban J connectivity index is 1.66. The zero-order valence-electron chi connectivity index (χ0n) is 14.6. The first-order chi connectivity index (χ1) is 12.7. The molecule has 1 N–H and O–H groups in total. The van der Waals surface area contributed by atoms with Gasteiger partial charge >= 0.3 is 5.97 Å². The predicted octanol–water partition coefficient (Wildman–Crippen LogP) is 4.98. The normalized spacial score (nSPS) is 10.5. The molecule has 1 heterocycles. The van der Waals surface area contributed by atoms with Crippen molar-refractivity contribution in [3.63, 3.8) is 0 Å². The number of unbranched alkanes of at least 4 members (excludes halogenated alkanes) is 1. The molecule has 0 saturated carbocycles. The van der Waals surface area contributed by atoms with E-state index in [9.17, 15) is 4.79 Å². The zero-order valence-corrected chi connectivity index (χ0v) is 15.4. The Morgan fingerprint density at radius 3 is 2.62 bits per heavy atom. The van der Waals surface area contributed by atoms with Crippen molar-refractivity contribution in [3.8, 4) is 0 Å². The fourth-order valence-corrected chi connectivity index (χ4v) is 2.70. The van der Waals surface area contributed by atoms with Gasteiger partial charge in [-0.05, 0) is 42.8 Å². The van der Waals surface area contributed by atoms with E-state index in [1.54, 1.807) is 12.1 Å². The summed E-state index contributed by atoms with van der Waals surface area (Å²) in [6.07, 6.45) is 1.87. The average Bonchev–Trinajstić information content (AvgIpc) is 2.68. The average molecular weight is 364 g/mol. The number of para-hydroxylation sites is 1. The van der Waals surface area contributed by atoms with Crippen LogP contribution in [0, 0.1) is 0 Å². The minimum Gasteiger partial charge on any atom is -0.462 e. The molecule has 3 rings (SSSR count). The molecule has 2 aromatic carbocycles. The largest absolute Gasteiger partial charge is 0.462 e. The molecule has 0 radical (unpaired) electrons. The molecule has 1 aromatic heterocycles. The molecule has 0 aliphatic rings. The van der Waals surface area contributed by atoms with Crippen LogP contribution in [0.1, 0.15) is 35.8 Å². The van der Waals surface area contributed by atoms with E-state index in [-0.39, 0.29) is 5.97 Å². The van der Waals surface area contributed by atoms with Gasteiger partial charge in [-0.2, -0.15) is 0 Å². The Morgan fingerprint density at radius 2 is 1.85 bits per heavy atom. The van der Waals surface area contributed by atoms with Gasteiger partial charge in [0.2, 0.25) is 0 Å². The van der Waals surface area contributed by atoms with Gasteiger partial charge in [-0.1, -0.05) is 49.8 Å². The molecule has 0 aliphatic heterocycles. The number of nitrogens with one attached hydrogen (secondary N) is 1. The van der Waals surface area contributed by atoms with Crippen LogP contribution < -0.4 is 5.32 Å². The van der Waals surface area contributed by atoms with E-state index >= 15 is 0 Å². The van der Waals surface area contributed by atoms with Crippen LogP contribution in [0.25, 0.3) is 10.9 Å². The van der Waals surface area contributed by atoms with Crippen molar-refractivity contribution in [2.45, 2.75) is 19.8 Å². The molecular weight excluding hydrogens is 344 g/mol. The topological polar surface area (TPSA) is 51.2 Å². The van der Waals surface area contributed by atoms with Gasteiger partial charge < -0.3 is 10.1 Å². The lowest BCUT2D eigenvalue weighted by Gasteiger charge is -2.09. The predicted molar refractivity (Wildman–Crippen MR) is 109 cm³/mol. The van der Waals surface area contributed by atoms with Crippen LogP contribution in [-0.4, -0.2) is 22.5 Å². The summed E-state index contributed by atoms with van der Waals surface area (Å²) >= 11 is 5.46. The number of ether oxygens (including phenoxy) is 1. The van der Waals surface area contributed by atoms with Crippen LogP contribution in [0.3, 0.4) is 0 Å². The summed E-state index contributed by atoms with van der Waals surface area (Å²) in [7, 11) is 0. The van der Waals surface area contributed by atoms with Gasteiger partial charge in [0, 0.05) is 11.1 Å². The highest BCUT2D eigenvalue weighted by atomic mass is 32.1. The molecule has 0 aliphatic carbocycles. The minimum absolute atomic E-state index is 0.302. The lowest BCUT2D eigenvalue weighted by Crippen LogP contribution is -2.12. The van der Waals surface area contributed by atoms with E-state index in [1.165, 1.54) is 0 Å². The standard InChI is InChI=1S/C21H20N2O2S/c1-2-3-14-25-21(24)16-8-11-17(12-9-16)22-20(26)19-13-10-15-6-4-5-7-18(15)23-19/h4-13H,2-3,14H2,1H3,(H,22,26).